The molecule has 0 aliphatic rings. The number of fused-ring (bicyclic) bond motifs is 1. The van der Waals surface area contributed by atoms with Gasteiger partial charge >= 0.3 is 0 Å². The Labute approximate surface area is 132 Å². The van der Waals surface area contributed by atoms with Crippen molar-refractivity contribution in [2.45, 2.75) is 33.2 Å². The highest BCUT2D eigenvalue weighted by Gasteiger charge is 2.14. The molecule has 7 heteroatoms. The monoisotopic (exact) mass is 315 g/mol. The van der Waals surface area contributed by atoms with Crippen LogP contribution in [-0.2, 0) is 13.0 Å². The molecule has 3 aromatic rings. The SMILES string of the molecule is CCCc1ncc(F)c2nc(Cn3c(C)ccc(N)c3=O)[nH]c12. The molecule has 0 aliphatic heterocycles. The van der Waals surface area contributed by atoms with E-state index >= 15 is 0 Å². The molecule has 0 saturated heterocycles. The zero-order valence-corrected chi connectivity index (χ0v) is 13.1. The number of nitrogens with zero attached hydrogens (tertiary/aromatic N) is 3. The zero-order valence-electron chi connectivity index (χ0n) is 13.1. The normalized spacial score (nSPS) is 11.3. The molecule has 120 valence electrons. The van der Waals surface area contributed by atoms with E-state index in [1.54, 1.807) is 12.1 Å². The maximum absolute atomic E-state index is 13.9. The zero-order chi connectivity index (χ0) is 16.6. The van der Waals surface area contributed by atoms with Gasteiger partial charge in [-0.2, -0.15) is 0 Å². The van der Waals surface area contributed by atoms with Crippen LogP contribution in [0.15, 0.2) is 23.1 Å². The summed E-state index contributed by atoms with van der Waals surface area (Å²) < 4.78 is 15.5. The van der Waals surface area contributed by atoms with Crippen LogP contribution in [0.4, 0.5) is 10.1 Å². The van der Waals surface area contributed by atoms with E-state index in [2.05, 4.69) is 15.0 Å². The van der Waals surface area contributed by atoms with Crippen LogP contribution >= 0.6 is 0 Å². The van der Waals surface area contributed by atoms with E-state index in [4.69, 9.17) is 5.73 Å². The van der Waals surface area contributed by atoms with Gasteiger partial charge in [-0.25, -0.2) is 9.37 Å². The molecule has 0 fully saturated rings. The van der Waals surface area contributed by atoms with E-state index < -0.39 is 5.82 Å². The van der Waals surface area contributed by atoms with Gasteiger partial charge < -0.3 is 15.3 Å². The van der Waals surface area contributed by atoms with Gasteiger partial charge in [-0.1, -0.05) is 13.3 Å². The number of H-pyrrole nitrogens is 1. The molecule has 3 aromatic heterocycles. The minimum Gasteiger partial charge on any atom is -0.394 e. The van der Waals surface area contributed by atoms with E-state index in [-0.39, 0.29) is 23.3 Å². The van der Waals surface area contributed by atoms with Crippen molar-refractivity contribution in [3.8, 4) is 0 Å². The van der Waals surface area contributed by atoms with Crippen LogP contribution in [0.5, 0.6) is 0 Å². The molecule has 3 rings (SSSR count). The van der Waals surface area contributed by atoms with Crippen LogP contribution in [0.1, 0.15) is 30.6 Å². The number of anilines is 1. The van der Waals surface area contributed by atoms with Crippen LogP contribution in [0.2, 0.25) is 0 Å². The minimum atomic E-state index is -0.473. The van der Waals surface area contributed by atoms with E-state index in [0.717, 1.165) is 24.2 Å². The van der Waals surface area contributed by atoms with Gasteiger partial charge in [-0.15, -0.1) is 0 Å². The van der Waals surface area contributed by atoms with Crippen molar-refractivity contribution < 1.29 is 4.39 Å². The summed E-state index contributed by atoms with van der Waals surface area (Å²) in [5, 5.41) is 0. The molecular weight excluding hydrogens is 297 g/mol. The Balaban J connectivity index is 2.09. The highest BCUT2D eigenvalue weighted by molar-refractivity contribution is 5.77. The number of aryl methyl sites for hydroxylation is 2. The lowest BCUT2D eigenvalue weighted by molar-refractivity contribution is 0.628. The molecular formula is C16H18FN5O. The molecule has 23 heavy (non-hydrogen) atoms. The predicted octanol–water partition coefficient (Wildman–Crippen LogP) is 2.15. The van der Waals surface area contributed by atoms with Crippen molar-refractivity contribution in [3.63, 3.8) is 0 Å². The maximum atomic E-state index is 13.9. The lowest BCUT2D eigenvalue weighted by atomic mass is 10.2. The number of hydrogen-bond donors (Lipinski definition) is 2. The first kappa shape index (κ1) is 15.2. The lowest BCUT2D eigenvalue weighted by Gasteiger charge is -2.08. The van der Waals surface area contributed by atoms with Crippen molar-refractivity contribution in [2.75, 3.05) is 5.73 Å². The fraction of sp³-hybridized carbons (Fsp3) is 0.312. The van der Waals surface area contributed by atoms with Gasteiger partial charge in [0.2, 0.25) is 0 Å². The third-order valence-electron chi connectivity index (χ3n) is 3.82. The number of aromatic amines is 1. The van der Waals surface area contributed by atoms with E-state index in [0.29, 0.717) is 11.3 Å². The first-order valence-electron chi connectivity index (χ1n) is 7.49. The minimum absolute atomic E-state index is 0.172. The molecule has 0 radical (unpaired) electrons. The van der Waals surface area contributed by atoms with Gasteiger partial charge in [0, 0.05) is 5.69 Å². The quantitative estimate of drug-likeness (QED) is 0.772. The summed E-state index contributed by atoms with van der Waals surface area (Å²) in [6.07, 6.45) is 2.82. The van der Waals surface area contributed by atoms with Crippen molar-refractivity contribution in [3.05, 3.63) is 51.7 Å². The topological polar surface area (TPSA) is 89.6 Å². The second-order valence-electron chi connectivity index (χ2n) is 5.53. The number of aromatic nitrogens is 4. The Morgan fingerprint density at radius 3 is 2.91 bits per heavy atom. The molecule has 0 amide bonds. The van der Waals surface area contributed by atoms with Crippen LogP contribution < -0.4 is 11.3 Å². The second kappa shape index (κ2) is 5.83. The number of nitrogens with two attached hydrogens (primary N) is 1. The molecule has 0 unspecified atom stereocenters. The third kappa shape index (κ3) is 2.69. The Morgan fingerprint density at radius 2 is 2.17 bits per heavy atom. The van der Waals surface area contributed by atoms with Crippen LogP contribution in [0.25, 0.3) is 11.0 Å². The van der Waals surface area contributed by atoms with Crippen molar-refractivity contribution in [1.29, 1.82) is 0 Å². The number of imidazole rings is 1. The van der Waals surface area contributed by atoms with Gasteiger partial charge in [-0.3, -0.25) is 9.78 Å². The number of pyridine rings is 2. The number of halogens is 1. The molecule has 0 bridgehead atoms. The summed E-state index contributed by atoms with van der Waals surface area (Å²) in [6, 6.07) is 3.35. The van der Waals surface area contributed by atoms with E-state index in [1.807, 2.05) is 13.8 Å². The average molecular weight is 315 g/mol. The van der Waals surface area contributed by atoms with Crippen molar-refractivity contribution in [1.82, 2.24) is 19.5 Å². The Kier molecular flexibility index (Phi) is 3.85. The fourth-order valence-electron chi connectivity index (χ4n) is 2.60. The molecule has 0 spiro atoms. The standard InChI is InChI=1S/C16H18FN5O/c1-3-4-12-15-14(10(17)7-19-12)20-13(21-15)8-22-9(2)5-6-11(18)16(22)23/h5-7H,3-4,8,18H2,1-2H3,(H,20,21). The largest absolute Gasteiger partial charge is 0.394 e. The first-order valence-corrected chi connectivity index (χ1v) is 7.49. The van der Waals surface area contributed by atoms with Crippen molar-refractivity contribution in [2.24, 2.45) is 0 Å². The average Bonchev–Trinajstić information content (AvgIpc) is 2.96. The molecule has 0 atom stereocenters. The van der Waals surface area contributed by atoms with E-state index in [9.17, 15) is 9.18 Å². The Bertz CT molecular complexity index is 928. The van der Waals surface area contributed by atoms with Gasteiger partial charge in [-0.05, 0) is 25.5 Å². The Hall–Kier alpha value is -2.70. The smallest absolute Gasteiger partial charge is 0.274 e. The molecule has 0 aliphatic carbocycles. The number of nitrogen functional groups attached to an aromatic ring is 1. The number of nitrogens with one attached hydrogen (secondary N) is 1. The molecule has 3 heterocycles. The Morgan fingerprint density at radius 1 is 1.39 bits per heavy atom. The van der Waals surface area contributed by atoms with Gasteiger partial charge in [0.15, 0.2) is 5.82 Å². The number of rotatable bonds is 4. The highest BCUT2D eigenvalue weighted by Crippen LogP contribution is 2.19. The van der Waals surface area contributed by atoms with Gasteiger partial charge in [0.05, 0.1) is 29.6 Å². The summed E-state index contributed by atoms with van der Waals surface area (Å²) in [5.41, 5.74) is 7.95. The summed E-state index contributed by atoms with van der Waals surface area (Å²) >= 11 is 0. The van der Waals surface area contributed by atoms with Crippen molar-refractivity contribution >= 4 is 16.7 Å². The van der Waals surface area contributed by atoms with E-state index in [1.165, 1.54) is 10.8 Å². The fourth-order valence-corrected chi connectivity index (χ4v) is 2.60. The molecule has 0 aromatic carbocycles. The van der Waals surface area contributed by atoms with Gasteiger partial charge in [0.25, 0.3) is 5.56 Å². The lowest BCUT2D eigenvalue weighted by Crippen LogP contribution is -2.25. The molecule has 3 N–H and O–H groups in total. The maximum Gasteiger partial charge on any atom is 0.274 e. The predicted molar refractivity (Wildman–Crippen MR) is 86.8 cm³/mol. The molecule has 0 saturated carbocycles. The number of hydrogen-bond acceptors (Lipinski definition) is 4. The summed E-state index contributed by atoms with van der Waals surface area (Å²) in [4.78, 5) is 23.7. The van der Waals surface area contributed by atoms with Crippen LogP contribution in [-0.4, -0.2) is 19.5 Å². The van der Waals surface area contributed by atoms with Gasteiger partial charge in [0.1, 0.15) is 11.3 Å². The second-order valence-corrected chi connectivity index (χ2v) is 5.53. The van der Waals surface area contributed by atoms with Crippen LogP contribution in [0.3, 0.4) is 0 Å². The third-order valence-corrected chi connectivity index (χ3v) is 3.82. The summed E-state index contributed by atoms with van der Waals surface area (Å²) in [6.45, 7) is 4.05. The first-order chi connectivity index (χ1) is 11.0. The summed E-state index contributed by atoms with van der Waals surface area (Å²) in [5.74, 6) is 0.0269. The molecule has 6 nitrogen and oxygen atoms in total. The summed E-state index contributed by atoms with van der Waals surface area (Å²) in [7, 11) is 0. The highest BCUT2D eigenvalue weighted by atomic mass is 19.1. The van der Waals surface area contributed by atoms with Crippen LogP contribution in [0, 0.1) is 12.7 Å².